The van der Waals surface area contributed by atoms with Gasteiger partial charge in [0, 0.05) is 6.54 Å². The average Bonchev–Trinajstić information content (AvgIpc) is 1.89. The lowest BCUT2D eigenvalue weighted by Crippen LogP contribution is -2.29. The third kappa shape index (κ3) is 3.82. The molecule has 0 fully saturated rings. The molecule has 0 spiro atoms. The van der Waals surface area contributed by atoms with Gasteiger partial charge in [-0.05, 0) is 5.92 Å². The van der Waals surface area contributed by atoms with E-state index in [0.29, 0.717) is 19.1 Å². The van der Waals surface area contributed by atoms with Gasteiger partial charge in [-0.15, -0.1) is 0 Å². The van der Waals surface area contributed by atoms with Gasteiger partial charge in [-0.2, -0.15) is 0 Å². The van der Waals surface area contributed by atoms with Crippen molar-refractivity contribution in [1.29, 1.82) is 0 Å². The van der Waals surface area contributed by atoms with E-state index in [4.69, 9.17) is 15.6 Å². The largest absolute Gasteiger partial charge is 0.394 e. The lowest BCUT2D eigenvalue weighted by atomic mass is 10.1. The normalized spacial score (nSPS) is 14.1. The van der Waals surface area contributed by atoms with Crippen molar-refractivity contribution in [1.82, 2.24) is 0 Å². The summed E-state index contributed by atoms with van der Waals surface area (Å²) in [4.78, 5) is 0. The van der Waals surface area contributed by atoms with E-state index in [1.165, 1.54) is 0 Å². The fourth-order valence-corrected chi connectivity index (χ4v) is 0.737. The topological polar surface area (TPSA) is 55.5 Å². The summed E-state index contributed by atoms with van der Waals surface area (Å²) in [6.45, 7) is 5.09. The predicted molar refractivity (Wildman–Crippen MR) is 40.7 cm³/mol. The molecule has 0 rings (SSSR count). The minimum absolute atomic E-state index is 0.0726. The molecular weight excluding hydrogens is 130 g/mol. The van der Waals surface area contributed by atoms with Crippen molar-refractivity contribution in [3.8, 4) is 0 Å². The minimum atomic E-state index is 0.0726. The van der Waals surface area contributed by atoms with Gasteiger partial charge in [0.05, 0.1) is 19.3 Å². The van der Waals surface area contributed by atoms with Gasteiger partial charge in [0.15, 0.2) is 0 Å². The molecule has 0 saturated carbocycles. The number of aliphatic hydroxyl groups excluding tert-OH is 1. The van der Waals surface area contributed by atoms with E-state index < -0.39 is 0 Å². The Morgan fingerprint density at radius 3 is 2.40 bits per heavy atom. The second-order valence-electron chi connectivity index (χ2n) is 2.61. The van der Waals surface area contributed by atoms with Gasteiger partial charge >= 0.3 is 0 Å². The smallest absolute Gasteiger partial charge is 0.0721 e. The molecule has 0 radical (unpaired) electrons. The monoisotopic (exact) mass is 147 g/mol. The standard InChI is InChI=1S/C7H17NO2/c1-6(2)7(5-8)10-4-3-9/h6-7,9H,3-5,8H2,1-2H3. The molecule has 3 heteroatoms. The van der Waals surface area contributed by atoms with Crippen molar-refractivity contribution in [3.05, 3.63) is 0 Å². The average molecular weight is 147 g/mol. The summed E-state index contributed by atoms with van der Waals surface area (Å²) in [5.41, 5.74) is 5.41. The second-order valence-corrected chi connectivity index (χ2v) is 2.61. The van der Waals surface area contributed by atoms with Gasteiger partial charge in [0.2, 0.25) is 0 Å². The molecule has 0 aromatic rings. The van der Waals surface area contributed by atoms with Gasteiger partial charge in [0.25, 0.3) is 0 Å². The van der Waals surface area contributed by atoms with Crippen molar-refractivity contribution < 1.29 is 9.84 Å². The van der Waals surface area contributed by atoms with Crippen LogP contribution in [-0.4, -0.2) is 31.0 Å². The Labute approximate surface area is 62.2 Å². The molecule has 0 aromatic heterocycles. The zero-order valence-corrected chi connectivity index (χ0v) is 6.71. The van der Waals surface area contributed by atoms with Crippen LogP contribution >= 0.6 is 0 Å². The number of rotatable bonds is 5. The van der Waals surface area contributed by atoms with Crippen LogP contribution in [0.15, 0.2) is 0 Å². The lowest BCUT2D eigenvalue weighted by Gasteiger charge is -2.18. The summed E-state index contributed by atoms with van der Waals surface area (Å²) < 4.78 is 5.23. The summed E-state index contributed by atoms with van der Waals surface area (Å²) >= 11 is 0. The molecule has 10 heavy (non-hydrogen) atoms. The van der Waals surface area contributed by atoms with Gasteiger partial charge in [-0.1, -0.05) is 13.8 Å². The summed E-state index contributed by atoms with van der Waals surface area (Å²) in [7, 11) is 0. The van der Waals surface area contributed by atoms with Crippen molar-refractivity contribution in [2.24, 2.45) is 11.7 Å². The zero-order chi connectivity index (χ0) is 7.98. The fourth-order valence-electron chi connectivity index (χ4n) is 0.737. The Bertz CT molecular complexity index is 76.0. The maximum absolute atomic E-state index is 8.43. The second kappa shape index (κ2) is 5.65. The Kier molecular flexibility index (Phi) is 5.58. The molecule has 1 atom stereocenters. The first-order valence-electron chi connectivity index (χ1n) is 3.65. The van der Waals surface area contributed by atoms with Crippen molar-refractivity contribution in [3.63, 3.8) is 0 Å². The Hall–Kier alpha value is -0.120. The van der Waals surface area contributed by atoms with Crippen LogP contribution in [0.1, 0.15) is 13.8 Å². The van der Waals surface area contributed by atoms with Crippen LogP contribution in [-0.2, 0) is 4.74 Å². The van der Waals surface area contributed by atoms with E-state index in [1.807, 2.05) is 0 Å². The molecule has 0 aliphatic heterocycles. The van der Waals surface area contributed by atoms with Crippen LogP contribution in [0.3, 0.4) is 0 Å². The Balaban J connectivity index is 3.40. The van der Waals surface area contributed by atoms with Gasteiger partial charge in [-0.25, -0.2) is 0 Å². The van der Waals surface area contributed by atoms with Crippen LogP contribution < -0.4 is 5.73 Å². The molecule has 0 amide bonds. The summed E-state index contributed by atoms with van der Waals surface area (Å²) in [6.07, 6.45) is 0.0900. The summed E-state index contributed by atoms with van der Waals surface area (Å²) in [5.74, 6) is 0.427. The highest BCUT2D eigenvalue weighted by Gasteiger charge is 2.10. The van der Waals surface area contributed by atoms with E-state index in [2.05, 4.69) is 13.8 Å². The number of hydrogen-bond acceptors (Lipinski definition) is 3. The summed E-state index contributed by atoms with van der Waals surface area (Å²) in [6, 6.07) is 0. The van der Waals surface area contributed by atoms with Crippen LogP contribution in [0, 0.1) is 5.92 Å². The van der Waals surface area contributed by atoms with Gasteiger partial charge in [-0.3, -0.25) is 0 Å². The highest BCUT2D eigenvalue weighted by Crippen LogP contribution is 2.03. The molecule has 0 aromatic carbocycles. The molecular formula is C7H17NO2. The number of nitrogens with two attached hydrogens (primary N) is 1. The summed E-state index contributed by atoms with van der Waals surface area (Å²) in [5, 5.41) is 8.43. The van der Waals surface area contributed by atoms with E-state index in [-0.39, 0.29) is 12.7 Å². The molecule has 62 valence electrons. The maximum atomic E-state index is 8.43. The van der Waals surface area contributed by atoms with E-state index >= 15 is 0 Å². The number of ether oxygens (including phenoxy) is 1. The van der Waals surface area contributed by atoms with E-state index in [1.54, 1.807) is 0 Å². The highest BCUT2D eigenvalue weighted by molar-refractivity contribution is 4.62. The first-order chi connectivity index (χ1) is 4.72. The van der Waals surface area contributed by atoms with Crippen molar-refractivity contribution in [2.75, 3.05) is 19.8 Å². The highest BCUT2D eigenvalue weighted by atomic mass is 16.5. The van der Waals surface area contributed by atoms with Crippen LogP contribution in [0.25, 0.3) is 0 Å². The molecule has 0 saturated heterocycles. The van der Waals surface area contributed by atoms with Gasteiger partial charge < -0.3 is 15.6 Å². The molecule has 3 nitrogen and oxygen atoms in total. The van der Waals surface area contributed by atoms with Gasteiger partial charge in [0.1, 0.15) is 0 Å². The first kappa shape index (κ1) is 9.88. The molecule has 0 aliphatic carbocycles. The Morgan fingerprint density at radius 2 is 2.10 bits per heavy atom. The van der Waals surface area contributed by atoms with Crippen LogP contribution in [0.2, 0.25) is 0 Å². The molecule has 1 unspecified atom stereocenters. The van der Waals surface area contributed by atoms with Crippen LogP contribution in [0.5, 0.6) is 0 Å². The number of aliphatic hydroxyl groups is 1. The maximum Gasteiger partial charge on any atom is 0.0721 e. The molecule has 3 N–H and O–H groups in total. The lowest BCUT2D eigenvalue weighted by molar-refractivity contribution is 0.00872. The van der Waals surface area contributed by atoms with Crippen molar-refractivity contribution in [2.45, 2.75) is 20.0 Å². The molecule has 0 heterocycles. The first-order valence-corrected chi connectivity index (χ1v) is 3.65. The Morgan fingerprint density at radius 1 is 1.50 bits per heavy atom. The minimum Gasteiger partial charge on any atom is -0.394 e. The third-order valence-corrected chi connectivity index (χ3v) is 1.40. The van der Waals surface area contributed by atoms with Crippen LogP contribution in [0.4, 0.5) is 0 Å². The molecule has 0 bridgehead atoms. The SMILES string of the molecule is CC(C)C(CN)OCCO. The quantitative estimate of drug-likeness (QED) is 0.574. The predicted octanol–water partition coefficient (Wildman–Crippen LogP) is -0.0214. The van der Waals surface area contributed by atoms with E-state index in [9.17, 15) is 0 Å². The zero-order valence-electron chi connectivity index (χ0n) is 6.71. The molecule has 0 aliphatic rings. The third-order valence-electron chi connectivity index (χ3n) is 1.40. The number of hydrogen-bond donors (Lipinski definition) is 2. The fraction of sp³-hybridized carbons (Fsp3) is 1.00. The van der Waals surface area contributed by atoms with Crippen molar-refractivity contribution >= 4 is 0 Å². The van der Waals surface area contributed by atoms with E-state index in [0.717, 1.165) is 0 Å².